The molecular weight excluding hydrogens is 272 g/mol. The fraction of sp³-hybridized carbons (Fsp3) is 0.263. The second-order valence-corrected chi connectivity index (χ2v) is 8.55. The molecule has 0 bridgehead atoms. The number of hydrogen-bond acceptors (Lipinski definition) is 1. The lowest BCUT2D eigenvalue weighted by molar-refractivity contribution is 0.310. The molecule has 2 heteroatoms. The first kappa shape index (κ1) is 15.7. The molecule has 110 valence electrons. The van der Waals surface area contributed by atoms with Gasteiger partial charge in [0.2, 0.25) is 0 Å². The SMILES string of the molecule is C=C[Si](OCCCCC)(c1ccccc1)c1ccccc1. The third-order valence-corrected chi connectivity index (χ3v) is 7.39. The van der Waals surface area contributed by atoms with Gasteiger partial charge in [0.1, 0.15) is 0 Å². The standard InChI is InChI=1S/C19H24OSi/c1-3-5-12-17-20-21(4-2,18-13-8-6-9-14-18)19-15-10-7-11-16-19/h4,6-11,13-16H,2-3,5,12,17H2,1H3. The van der Waals surface area contributed by atoms with Gasteiger partial charge in [0, 0.05) is 6.61 Å². The zero-order valence-electron chi connectivity index (χ0n) is 12.8. The third-order valence-electron chi connectivity index (χ3n) is 3.77. The fourth-order valence-electron chi connectivity index (χ4n) is 2.58. The van der Waals surface area contributed by atoms with E-state index in [-0.39, 0.29) is 0 Å². The Labute approximate surface area is 129 Å². The van der Waals surface area contributed by atoms with E-state index in [2.05, 4.69) is 67.7 Å². The summed E-state index contributed by atoms with van der Waals surface area (Å²) < 4.78 is 6.47. The van der Waals surface area contributed by atoms with E-state index in [1.54, 1.807) is 0 Å². The number of hydrogen-bond donors (Lipinski definition) is 0. The largest absolute Gasteiger partial charge is 0.405 e. The van der Waals surface area contributed by atoms with Crippen LogP contribution in [0.15, 0.2) is 72.9 Å². The van der Waals surface area contributed by atoms with Crippen molar-refractivity contribution in [1.82, 2.24) is 0 Å². The first-order valence-corrected chi connectivity index (χ1v) is 9.70. The molecule has 0 radical (unpaired) electrons. The van der Waals surface area contributed by atoms with Crippen molar-refractivity contribution < 1.29 is 4.43 Å². The van der Waals surface area contributed by atoms with Gasteiger partial charge in [-0.25, -0.2) is 0 Å². The van der Waals surface area contributed by atoms with Crippen LogP contribution in [-0.2, 0) is 4.43 Å². The van der Waals surface area contributed by atoms with Crippen LogP contribution in [0, 0.1) is 0 Å². The topological polar surface area (TPSA) is 9.23 Å². The number of rotatable bonds is 8. The van der Waals surface area contributed by atoms with Crippen molar-refractivity contribution in [1.29, 1.82) is 0 Å². The highest BCUT2D eigenvalue weighted by Gasteiger charge is 2.36. The van der Waals surface area contributed by atoms with Crippen LogP contribution in [0.4, 0.5) is 0 Å². The van der Waals surface area contributed by atoms with Crippen LogP contribution in [0.1, 0.15) is 26.2 Å². The summed E-state index contributed by atoms with van der Waals surface area (Å²) in [5.41, 5.74) is 2.06. The van der Waals surface area contributed by atoms with Crippen LogP contribution in [0.25, 0.3) is 0 Å². The Kier molecular flexibility index (Phi) is 5.97. The second kappa shape index (κ2) is 7.96. The van der Waals surface area contributed by atoms with Gasteiger partial charge in [0.05, 0.1) is 0 Å². The molecule has 2 aromatic rings. The molecule has 1 nitrogen and oxygen atoms in total. The Morgan fingerprint density at radius 2 is 1.43 bits per heavy atom. The normalized spacial score (nSPS) is 11.3. The summed E-state index contributed by atoms with van der Waals surface area (Å²) in [6, 6.07) is 21.1. The molecule has 0 heterocycles. The zero-order valence-corrected chi connectivity index (χ0v) is 13.8. The average molecular weight is 296 g/mol. The molecule has 0 aliphatic rings. The van der Waals surface area contributed by atoms with Crippen LogP contribution < -0.4 is 10.4 Å². The van der Waals surface area contributed by atoms with Gasteiger partial charge in [0.15, 0.2) is 0 Å². The molecule has 0 aliphatic carbocycles. The highest BCUT2D eigenvalue weighted by molar-refractivity contribution is 7.01. The van der Waals surface area contributed by atoms with Crippen LogP contribution in [0.5, 0.6) is 0 Å². The van der Waals surface area contributed by atoms with E-state index in [1.807, 2.05) is 12.1 Å². The Morgan fingerprint density at radius 1 is 0.905 bits per heavy atom. The van der Waals surface area contributed by atoms with Crippen molar-refractivity contribution in [3.63, 3.8) is 0 Å². The summed E-state index contributed by atoms with van der Waals surface area (Å²) in [6.07, 6.45) is 3.53. The Morgan fingerprint density at radius 3 is 1.86 bits per heavy atom. The van der Waals surface area contributed by atoms with Gasteiger partial charge >= 0.3 is 0 Å². The molecule has 0 N–H and O–H groups in total. The van der Waals surface area contributed by atoms with Crippen molar-refractivity contribution in [3.8, 4) is 0 Å². The minimum atomic E-state index is -2.31. The van der Waals surface area contributed by atoms with Crippen LogP contribution in [0.3, 0.4) is 0 Å². The molecule has 0 fully saturated rings. The molecule has 2 aromatic carbocycles. The monoisotopic (exact) mass is 296 g/mol. The van der Waals surface area contributed by atoms with Gasteiger partial charge in [-0.1, -0.05) is 86.1 Å². The van der Waals surface area contributed by atoms with Crippen molar-refractivity contribution in [3.05, 3.63) is 72.9 Å². The Hall–Kier alpha value is -1.64. The van der Waals surface area contributed by atoms with Gasteiger partial charge in [-0.05, 0) is 16.8 Å². The molecule has 0 aromatic heterocycles. The van der Waals surface area contributed by atoms with E-state index in [0.717, 1.165) is 13.0 Å². The van der Waals surface area contributed by atoms with Crippen LogP contribution in [0.2, 0.25) is 0 Å². The van der Waals surface area contributed by atoms with E-state index in [4.69, 9.17) is 4.43 Å². The molecule has 0 unspecified atom stereocenters. The second-order valence-electron chi connectivity index (χ2n) is 5.23. The molecule has 0 saturated carbocycles. The maximum Gasteiger partial charge on any atom is 0.280 e. The lowest BCUT2D eigenvalue weighted by atomic mass is 10.3. The summed E-state index contributed by atoms with van der Waals surface area (Å²) in [5.74, 6) is 0. The lowest BCUT2D eigenvalue weighted by Gasteiger charge is -2.29. The van der Waals surface area contributed by atoms with Crippen molar-refractivity contribution in [2.24, 2.45) is 0 Å². The molecule has 0 amide bonds. The van der Waals surface area contributed by atoms with Gasteiger partial charge in [-0.3, -0.25) is 0 Å². The molecule has 2 rings (SSSR count). The Balaban J connectivity index is 2.35. The van der Waals surface area contributed by atoms with Crippen molar-refractivity contribution >= 4 is 18.7 Å². The predicted molar refractivity (Wildman–Crippen MR) is 93.6 cm³/mol. The molecule has 21 heavy (non-hydrogen) atoms. The maximum absolute atomic E-state index is 6.47. The van der Waals surface area contributed by atoms with Crippen molar-refractivity contribution in [2.75, 3.05) is 6.61 Å². The number of unbranched alkanes of at least 4 members (excludes halogenated alkanes) is 2. The van der Waals surface area contributed by atoms with Gasteiger partial charge < -0.3 is 4.43 Å². The van der Waals surface area contributed by atoms with Gasteiger partial charge in [0.25, 0.3) is 8.32 Å². The van der Waals surface area contributed by atoms with Crippen LogP contribution >= 0.6 is 0 Å². The summed E-state index contributed by atoms with van der Waals surface area (Å²) in [4.78, 5) is 0. The highest BCUT2D eigenvalue weighted by Crippen LogP contribution is 2.10. The van der Waals surface area contributed by atoms with Crippen molar-refractivity contribution in [2.45, 2.75) is 26.2 Å². The minimum Gasteiger partial charge on any atom is -0.405 e. The van der Waals surface area contributed by atoms with E-state index < -0.39 is 8.32 Å². The number of benzene rings is 2. The van der Waals surface area contributed by atoms with E-state index in [9.17, 15) is 0 Å². The van der Waals surface area contributed by atoms with E-state index in [1.165, 1.54) is 23.2 Å². The summed E-state index contributed by atoms with van der Waals surface area (Å²) in [7, 11) is -2.31. The molecular formula is C19H24OSi. The quantitative estimate of drug-likeness (QED) is 0.533. The van der Waals surface area contributed by atoms with E-state index >= 15 is 0 Å². The van der Waals surface area contributed by atoms with Crippen LogP contribution in [-0.4, -0.2) is 14.9 Å². The summed E-state index contributed by atoms with van der Waals surface area (Å²) in [5, 5.41) is 2.53. The fourth-order valence-corrected chi connectivity index (χ4v) is 5.68. The maximum atomic E-state index is 6.47. The zero-order chi connectivity index (χ0) is 15.0. The minimum absolute atomic E-state index is 0.801. The average Bonchev–Trinajstić information content (AvgIpc) is 2.57. The predicted octanol–water partition coefficient (Wildman–Crippen LogP) is 3.68. The summed E-state index contributed by atoms with van der Waals surface area (Å²) >= 11 is 0. The smallest absolute Gasteiger partial charge is 0.280 e. The summed E-state index contributed by atoms with van der Waals surface area (Å²) in [6.45, 7) is 7.14. The molecule has 0 spiro atoms. The van der Waals surface area contributed by atoms with E-state index in [0.29, 0.717) is 0 Å². The molecule has 0 aliphatic heterocycles. The third kappa shape index (κ3) is 3.72. The lowest BCUT2D eigenvalue weighted by Crippen LogP contribution is -2.59. The first-order chi connectivity index (χ1) is 10.3. The van der Waals surface area contributed by atoms with Gasteiger partial charge in [-0.2, -0.15) is 0 Å². The highest BCUT2D eigenvalue weighted by atomic mass is 28.4. The van der Waals surface area contributed by atoms with Gasteiger partial charge in [-0.15, -0.1) is 6.58 Å². The molecule has 0 atom stereocenters. The first-order valence-electron chi connectivity index (χ1n) is 7.72. The Bertz CT molecular complexity index is 497. The molecule has 0 saturated heterocycles.